The summed E-state index contributed by atoms with van der Waals surface area (Å²) in [6, 6.07) is 18.3. The third kappa shape index (κ3) is 6.27. The predicted molar refractivity (Wildman–Crippen MR) is 96.7 cm³/mol. The van der Waals surface area contributed by atoms with E-state index in [4.69, 9.17) is 0 Å². The van der Waals surface area contributed by atoms with Gasteiger partial charge in [-0.05, 0) is 47.9 Å². The highest BCUT2D eigenvalue weighted by Gasteiger charge is 2.12. The van der Waals surface area contributed by atoms with Crippen molar-refractivity contribution in [1.82, 2.24) is 5.32 Å². The fraction of sp³-hybridized carbons (Fsp3) is 0.381. The number of nitrogens with one attached hydrogen (secondary N) is 1. The second-order valence-electron chi connectivity index (χ2n) is 7.28. The molecule has 2 nitrogen and oxygen atoms in total. The number of carbonyl (C=O) groups is 1. The zero-order valence-electron chi connectivity index (χ0n) is 14.4. The molecule has 0 aliphatic rings. The van der Waals surface area contributed by atoms with E-state index >= 15 is 0 Å². The summed E-state index contributed by atoms with van der Waals surface area (Å²) in [5, 5.41) is 3.02. The van der Waals surface area contributed by atoms with Gasteiger partial charge in [-0.1, -0.05) is 63.2 Å². The van der Waals surface area contributed by atoms with E-state index in [1.807, 2.05) is 24.3 Å². The van der Waals surface area contributed by atoms with Crippen molar-refractivity contribution in [2.45, 2.75) is 40.0 Å². The third-order valence-electron chi connectivity index (χ3n) is 3.69. The van der Waals surface area contributed by atoms with Crippen LogP contribution >= 0.6 is 0 Å². The quantitative estimate of drug-likeness (QED) is 0.774. The van der Waals surface area contributed by atoms with Crippen LogP contribution < -0.4 is 5.32 Å². The number of rotatable bonds is 6. The molecule has 2 aromatic carbocycles. The van der Waals surface area contributed by atoms with Gasteiger partial charge in [0.2, 0.25) is 0 Å². The second-order valence-corrected chi connectivity index (χ2v) is 7.28. The van der Waals surface area contributed by atoms with Gasteiger partial charge < -0.3 is 5.32 Å². The summed E-state index contributed by atoms with van der Waals surface area (Å²) in [5.41, 5.74) is 3.51. The van der Waals surface area contributed by atoms with Gasteiger partial charge in [0.1, 0.15) is 0 Å². The molecule has 2 aromatic rings. The standard InChI is InChI=1S/C21H27NO/c1-21(2,3)16-18-11-7-13-19(15-18)20(23)22-14-8-12-17-9-5-4-6-10-17/h4-7,9-11,13,15H,8,12,14,16H2,1-3H3,(H,22,23). The summed E-state index contributed by atoms with van der Waals surface area (Å²) in [5.74, 6) is 0.0221. The minimum atomic E-state index is 0.0221. The number of hydrogen-bond acceptors (Lipinski definition) is 1. The first-order chi connectivity index (χ1) is 10.9. The van der Waals surface area contributed by atoms with E-state index in [1.165, 1.54) is 11.1 Å². The highest BCUT2D eigenvalue weighted by Crippen LogP contribution is 2.21. The van der Waals surface area contributed by atoms with Crippen LogP contribution in [0.15, 0.2) is 54.6 Å². The SMILES string of the molecule is CC(C)(C)Cc1cccc(C(=O)NCCCc2ccccc2)c1. The average molecular weight is 309 g/mol. The molecule has 0 spiro atoms. The van der Waals surface area contributed by atoms with Gasteiger partial charge in [0.25, 0.3) is 5.91 Å². The van der Waals surface area contributed by atoms with E-state index in [-0.39, 0.29) is 11.3 Å². The lowest BCUT2D eigenvalue weighted by atomic mass is 9.87. The van der Waals surface area contributed by atoms with Crippen molar-refractivity contribution in [1.29, 1.82) is 0 Å². The van der Waals surface area contributed by atoms with Crippen LogP contribution in [0.3, 0.4) is 0 Å². The van der Waals surface area contributed by atoms with Gasteiger partial charge in [-0.25, -0.2) is 0 Å². The molecule has 0 radical (unpaired) electrons. The van der Waals surface area contributed by atoms with E-state index in [2.05, 4.69) is 56.4 Å². The molecule has 0 unspecified atom stereocenters. The molecule has 0 fully saturated rings. The maximum absolute atomic E-state index is 12.3. The van der Waals surface area contributed by atoms with E-state index in [9.17, 15) is 4.79 Å². The van der Waals surface area contributed by atoms with Gasteiger partial charge in [0.15, 0.2) is 0 Å². The van der Waals surface area contributed by atoms with Crippen molar-refractivity contribution in [2.75, 3.05) is 6.54 Å². The summed E-state index contributed by atoms with van der Waals surface area (Å²) < 4.78 is 0. The zero-order chi connectivity index (χ0) is 16.7. The lowest BCUT2D eigenvalue weighted by molar-refractivity contribution is 0.0953. The molecule has 0 atom stereocenters. The van der Waals surface area contributed by atoms with Crippen LogP contribution in [0.1, 0.15) is 48.7 Å². The van der Waals surface area contributed by atoms with Crippen molar-refractivity contribution < 1.29 is 4.79 Å². The molecule has 2 heteroatoms. The van der Waals surface area contributed by atoms with Crippen LogP contribution in [-0.2, 0) is 12.8 Å². The fourth-order valence-corrected chi connectivity index (χ4v) is 2.68. The van der Waals surface area contributed by atoms with Crippen LogP contribution in [0.2, 0.25) is 0 Å². The monoisotopic (exact) mass is 309 g/mol. The van der Waals surface area contributed by atoms with Gasteiger partial charge in [0, 0.05) is 12.1 Å². The van der Waals surface area contributed by atoms with Crippen LogP contribution in [-0.4, -0.2) is 12.5 Å². The van der Waals surface area contributed by atoms with Crippen molar-refractivity contribution in [2.24, 2.45) is 5.41 Å². The topological polar surface area (TPSA) is 29.1 Å². The Bertz CT molecular complexity index is 626. The molecule has 1 N–H and O–H groups in total. The van der Waals surface area contributed by atoms with Crippen molar-refractivity contribution in [3.8, 4) is 0 Å². The Kier molecular flexibility index (Phi) is 5.97. The van der Waals surface area contributed by atoms with Crippen LogP contribution in [0.5, 0.6) is 0 Å². The number of hydrogen-bond donors (Lipinski definition) is 1. The Labute approximate surface area is 139 Å². The maximum atomic E-state index is 12.3. The van der Waals surface area contributed by atoms with Gasteiger partial charge in [-0.2, -0.15) is 0 Å². The largest absolute Gasteiger partial charge is 0.352 e. The summed E-state index contributed by atoms with van der Waals surface area (Å²) >= 11 is 0. The molecule has 122 valence electrons. The number of carbonyl (C=O) groups excluding carboxylic acids is 1. The lowest BCUT2D eigenvalue weighted by Gasteiger charge is -2.18. The summed E-state index contributed by atoms with van der Waals surface area (Å²) in [4.78, 5) is 12.3. The minimum Gasteiger partial charge on any atom is -0.352 e. The average Bonchev–Trinajstić information content (AvgIpc) is 2.51. The first-order valence-corrected chi connectivity index (χ1v) is 8.35. The van der Waals surface area contributed by atoms with E-state index in [0.717, 1.165) is 24.8 Å². The Morgan fingerprint density at radius 1 is 0.957 bits per heavy atom. The molecule has 0 aliphatic heterocycles. The molecule has 0 bridgehead atoms. The molecule has 1 amide bonds. The van der Waals surface area contributed by atoms with E-state index in [0.29, 0.717) is 6.54 Å². The number of amides is 1. The van der Waals surface area contributed by atoms with Crippen molar-refractivity contribution in [3.05, 3.63) is 71.3 Å². The third-order valence-corrected chi connectivity index (χ3v) is 3.69. The second kappa shape index (κ2) is 7.96. The highest BCUT2D eigenvalue weighted by molar-refractivity contribution is 5.94. The Morgan fingerprint density at radius 3 is 2.35 bits per heavy atom. The highest BCUT2D eigenvalue weighted by atomic mass is 16.1. The van der Waals surface area contributed by atoms with Crippen molar-refractivity contribution >= 4 is 5.91 Å². The molecular weight excluding hydrogens is 282 g/mol. The molecule has 23 heavy (non-hydrogen) atoms. The molecule has 0 heterocycles. The minimum absolute atomic E-state index is 0.0221. The van der Waals surface area contributed by atoms with Crippen LogP contribution in [0.25, 0.3) is 0 Å². The van der Waals surface area contributed by atoms with Crippen LogP contribution in [0.4, 0.5) is 0 Å². The summed E-state index contributed by atoms with van der Waals surface area (Å²) in [6.45, 7) is 7.34. The zero-order valence-corrected chi connectivity index (χ0v) is 14.4. The molecule has 0 saturated heterocycles. The normalized spacial score (nSPS) is 11.3. The first-order valence-electron chi connectivity index (χ1n) is 8.35. The summed E-state index contributed by atoms with van der Waals surface area (Å²) in [6.07, 6.45) is 2.92. The molecular formula is C21H27NO. The van der Waals surface area contributed by atoms with Gasteiger partial charge in [-0.15, -0.1) is 0 Å². The van der Waals surface area contributed by atoms with E-state index in [1.54, 1.807) is 0 Å². The molecule has 2 rings (SSSR count). The Hall–Kier alpha value is -2.09. The predicted octanol–water partition coefficient (Wildman–Crippen LogP) is 4.64. The lowest BCUT2D eigenvalue weighted by Crippen LogP contribution is -2.25. The number of benzene rings is 2. The van der Waals surface area contributed by atoms with Crippen molar-refractivity contribution in [3.63, 3.8) is 0 Å². The Balaban J connectivity index is 1.82. The fourth-order valence-electron chi connectivity index (χ4n) is 2.68. The van der Waals surface area contributed by atoms with Gasteiger partial charge in [-0.3, -0.25) is 4.79 Å². The van der Waals surface area contributed by atoms with Crippen LogP contribution in [0, 0.1) is 5.41 Å². The maximum Gasteiger partial charge on any atom is 0.251 e. The van der Waals surface area contributed by atoms with Gasteiger partial charge >= 0.3 is 0 Å². The molecule has 0 saturated carbocycles. The smallest absolute Gasteiger partial charge is 0.251 e. The summed E-state index contributed by atoms with van der Waals surface area (Å²) in [7, 11) is 0. The Morgan fingerprint density at radius 2 is 1.65 bits per heavy atom. The molecule has 0 aliphatic carbocycles. The molecule has 0 aromatic heterocycles. The van der Waals surface area contributed by atoms with Gasteiger partial charge in [0.05, 0.1) is 0 Å². The number of aryl methyl sites for hydroxylation is 1. The van der Waals surface area contributed by atoms with E-state index < -0.39 is 0 Å². The first kappa shape index (κ1) is 17.3.